The number of aryl methyl sites for hydroxylation is 2. The van der Waals surface area contributed by atoms with E-state index in [4.69, 9.17) is 0 Å². The summed E-state index contributed by atoms with van der Waals surface area (Å²) in [5.41, 5.74) is 1.67. The number of carbonyl (C=O) groups is 1. The van der Waals surface area contributed by atoms with Gasteiger partial charge >= 0.3 is 0 Å². The molecule has 174 valence electrons. The summed E-state index contributed by atoms with van der Waals surface area (Å²) in [4.78, 5) is 32.4. The first-order valence-electron chi connectivity index (χ1n) is 11.7. The molecule has 1 fully saturated rings. The molecule has 7 heteroatoms. The third-order valence-corrected chi connectivity index (χ3v) is 6.41. The van der Waals surface area contributed by atoms with Crippen LogP contribution < -0.4 is 5.56 Å². The number of rotatable bonds is 5. The van der Waals surface area contributed by atoms with Crippen LogP contribution in [0.5, 0.6) is 0 Å². The van der Waals surface area contributed by atoms with E-state index in [1.54, 1.807) is 0 Å². The summed E-state index contributed by atoms with van der Waals surface area (Å²) in [6.07, 6.45) is 4.88. The van der Waals surface area contributed by atoms with E-state index in [1.165, 1.54) is 6.07 Å². The Kier molecular flexibility index (Phi) is 8.29. The van der Waals surface area contributed by atoms with Crippen molar-refractivity contribution in [2.45, 2.75) is 65.8 Å². The molecular formula is C25H33F2N3O2. The van der Waals surface area contributed by atoms with Crippen molar-refractivity contribution >= 4 is 5.78 Å². The zero-order valence-electron chi connectivity index (χ0n) is 19.3. The Labute approximate surface area is 188 Å². The quantitative estimate of drug-likeness (QED) is 0.643. The molecule has 0 saturated carbocycles. The molecule has 2 aliphatic heterocycles. The van der Waals surface area contributed by atoms with Crippen LogP contribution in [0.2, 0.25) is 0 Å². The van der Waals surface area contributed by atoms with E-state index in [0.29, 0.717) is 19.3 Å². The maximum absolute atomic E-state index is 13.9. The molecule has 0 aliphatic carbocycles. The number of halogens is 2. The number of likely N-dealkylation sites (tertiary alicyclic amines) is 1. The first kappa shape index (κ1) is 24.2. The van der Waals surface area contributed by atoms with Gasteiger partial charge in [-0.1, -0.05) is 13.8 Å². The lowest BCUT2D eigenvalue weighted by molar-refractivity contribution is 0.0836. The van der Waals surface area contributed by atoms with Crippen molar-refractivity contribution in [1.29, 1.82) is 0 Å². The molecule has 2 aliphatic rings. The molecule has 0 atom stereocenters. The number of nitrogens with zero attached hydrogens (tertiary/aromatic N) is 3. The summed E-state index contributed by atoms with van der Waals surface area (Å²) in [6, 6.07) is 3.12. The fourth-order valence-electron chi connectivity index (χ4n) is 4.62. The Morgan fingerprint density at radius 2 is 1.84 bits per heavy atom. The minimum atomic E-state index is -0.793. The largest absolute Gasteiger partial charge is 0.303 e. The monoisotopic (exact) mass is 445 g/mol. The summed E-state index contributed by atoms with van der Waals surface area (Å²) in [7, 11) is 0. The Morgan fingerprint density at radius 3 is 2.53 bits per heavy atom. The fraction of sp³-hybridized carbons (Fsp3) is 0.560. The second kappa shape index (κ2) is 10.9. The Bertz CT molecular complexity index is 1010. The van der Waals surface area contributed by atoms with Gasteiger partial charge in [-0.3, -0.25) is 14.2 Å². The Balaban J connectivity index is 0.00000141. The van der Waals surface area contributed by atoms with Crippen LogP contribution in [0.4, 0.5) is 8.78 Å². The predicted molar refractivity (Wildman–Crippen MR) is 121 cm³/mol. The number of hydrogen-bond donors (Lipinski definition) is 0. The number of Topliss-reactive ketones (excluding diaryl/α,β-unsaturated/α-hetero) is 1. The zero-order chi connectivity index (χ0) is 23.3. The van der Waals surface area contributed by atoms with Crippen LogP contribution in [0.3, 0.4) is 0 Å². The highest BCUT2D eigenvalue weighted by molar-refractivity contribution is 5.98. The highest BCUT2D eigenvalue weighted by Gasteiger charge is 2.28. The number of ketones is 1. The van der Waals surface area contributed by atoms with Gasteiger partial charge in [0.25, 0.3) is 5.56 Å². The van der Waals surface area contributed by atoms with Crippen LogP contribution in [-0.2, 0) is 19.4 Å². The lowest BCUT2D eigenvalue weighted by Crippen LogP contribution is -2.39. The van der Waals surface area contributed by atoms with E-state index < -0.39 is 11.6 Å². The van der Waals surface area contributed by atoms with Gasteiger partial charge in [0.05, 0.1) is 5.56 Å². The van der Waals surface area contributed by atoms with E-state index in [9.17, 15) is 18.4 Å². The molecule has 0 spiro atoms. The maximum Gasteiger partial charge on any atom is 0.256 e. The predicted octanol–water partition coefficient (Wildman–Crippen LogP) is 4.33. The van der Waals surface area contributed by atoms with Crippen molar-refractivity contribution in [3.63, 3.8) is 0 Å². The smallest absolute Gasteiger partial charge is 0.256 e. The van der Waals surface area contributed by atoms with E-state index >= 15 is 0 Å². The van der Waals surface area contributed by atoms with Crippen LogP contribution in [0.1, 0.15) is 67.0 Å². The number of piperidine rings is 1. The average molecular weight is 446 g/mol. The van der Waals surface area contributed by atoms with E-state index in [0.717, 1.165) is 74.7 Å². The molecule has 32 heavy (non-hydrogen) atoms. The normalized spacial score (nSPS) is 16.8. The molecule has 0 radical (unpaired) electrons. The number of fused-ring (bicyclic) bond motifs is 1. The molecule has 1 aromatic heterocycles. The highest BCUT2D eigenvalue weighted by Crippen LogP contribution is 2.24. The standard InChI is InChI=1S/C23H27F2N3O2.C2H6/c1-15-18(23(30)28-10-3-2-4-21(28)26-15)9-13-27-11-7-16(8-12-27)22(29)19-6-5-17(24)14-20(19)25;1-2/h5-6,14,16H,2-4,7-13H2,1H3;1-2H3. The topological polar surface area (TPSA) is 55.2 Å². The minimum Gasteiger partial charge on any atom is -0.303 e. The summed E-state index contributed by atoms with van der Waals surface area (Å²) in [5, 5.41) is 0. The van der Waals surface area contributed by atoms with Crippen molar-refractivity contribution in [3.8, 4) is 0 Å². The molecular weight excluding hydrogens is 412 g/mol. The van der Waals surface area contributed by atoms with Gasteiger partial charge < -0.3 is 4.90 Å². The van der Waals surface area contributed by atoms with Gasteiger partial charge in [0.2, 0.25) is 0 Å². The molecule has 1 aromatic carbocycles. The van der Waals surface area contributed by atoms with Crippen LogP contribution >= 0.6 is 0 Å². The van der Waals surface area contributed by atoms with Gasteiger partial charge in [0.15, 0.2) is 5.78 Å². The van der Waals surface area contributed by atoms with Crippen LogP contribution in [0.15, 0.2) is 23.0 Å². The van der Waals surface area contributed by atoms with Crippen LogP contribution in [0, 0.1) is 24.5 Å². The van der Waals surface area contributed by atoms with Gasteiger partial charge in [0, 0.05) is 42.8 Å². The van der Waals surface area contributed by atoms with E-state index in [-0.39, 0.29) is 22.8 Å². The highest BCUT2D eigenvalue weighted by atomic mass is 19.1. The van der Waals surface area contributed by atoms with Crippen molar-refractivity contribution in [2.24, 2.45) is 5.92 Å². The van der Waals surface area contributed by atoms with Gasteiger partial charge in [-0.2, -0.15) is 0 Å². The van der Waals surface area contributed by atoms with Crippen molar-refractivity contribution in [1.82, 2.24) is 14.5 Å². The Morgan fingerprint density at radius 1 is 1.12 bits per heavy atom. The Hall–Kier alpha value is -2.41. The number of hydrogen-bond acceptors (Lipinski definition) is 4. The van der Waals surface area contributed by atoms with Gasteiger partial charge in [-0.05, 0) is 64.3 Å². The number of benzene rings is 1. The minimum absolute atomic E-state index is 0.0290. The fourth-order valence-corrected chi connectivity index (χ4v) is 4.62. The van der Waals surface area contributed by atoms with Gasteiger partial charge in [-0.25, -0.2) is 13.8 Å². The molecule has 4 rings (SSSR count). The van der Waals surface area contributed by atoms with Crippen molar-refractivity contribution in [2.75, 3.05) is 19.6 Å². The number of carbonyl (C=O) groups excluding carboxylic acids is 1. The van der Waals surface area contributed by atoms with E-state index in [1.807, 2.05) is 25.3 Å². The SMILES string of the molecule is CC.Cc1nc2n(c(=O)c1CCN1CCC(C(=O)c3ccc(F)cc3F)CC1)CCCC2. The second-order valence-electron chi connectivity index (χ2n) is 8.36. The van der Waals surface area contributed by atoms with Gasteiger partial charge in [-0.15, -0.1) is 0 Å². The maximum atomic E-state index is 13.9. The number of aromatic nitrogens is 2. The lowest BCUT2D eigenvalue weighted by atomic mass is 9.88. The molecule has 1 saturated heterocycles. The first-order chi connectivity index (χ1) is 15.4. The zero-order valence-corrected chi connectivity index (χ0v) is 19.3. The van der Waals surface area contributed by atoms with E-state index in [2.05, 4.69) is 9.88 Å². The molecule has 0 amide bonds. The van der Waals surface area contributed by atoms with Crippen LogP contribution in [-0.4, -0.2) is 39.9 Å². The summed E-state index contributed by atoms with van der Waals surface area (Å²) < 4.78 is 28.8. The molecule has 3 heterocycles. The molecule has 0 unspecified atom stereocenters. The molecule has 2 aromatic rings. The summed E-state index contributed by atoms with van der Waals surface area (Å²) in [5.74, 6) is -1.07. The molecule has 0 bridgehead atoms. The van der Waals surface area contributed by atoms with Crippen molar-refractivity contribution < 1.29 is 13.6 Å². The third kappa shape index (κ3) is 5.31. The first-order valence-corrected chi connectivity index (χ1v) is 11.7. The average Bonchev–Trinajstić information content (AvgIpc) is 2.80. The lowest BCUT2D eigenvalue weighted by Gasteiger charge is -2.31. The molecule has 5 nitrogen and oxygen atoms in total. The van der Waals surface area contributed by atoms with Gasteiger partial charge in [0.1, 0.15) is 17.5 Å². The summed E-state index contributed by atoms with van der Waals surface area (Å²) >= 11 is 0. The molecule has 0 N–H and O–H groups in total. The van der Waals surface area contributed by atoms with Crippen molar-refractivity contribution in [3.05, 3.63) is 62.8 Å². The third-order valence-electron chi connectivity index (χ3n) is 6.41. The van der Waals surface area contributed by atoms with Crippen LogP contribution in [0.25, 0.3) is 0 Å². The second-order valence-corrected chi connectivity index (χ2v) is 8.36. The summed E-state index contributed by atoms with van der Waals surface area (Å²) in [6.45, 7) is 8.84.